The average molecular weight is 661 g/mol. The Hall–Kier alpha value is -5.29. The lowest BCUT2D eigenvalue weighted by Gasteiger charge is -2.36. The summed E-state index contributed by atoms with van der Waals surface area (Å²) in [5.74, 6) is 0. The molecular weight excluding hydrogens is 621 g/mol. The summed E-state index contributed by atoms with van der Waals surface area (Å²) in [7, 11) is -4.54. The number of fused-ring (bicyclic) bond motifs is 2. The van der Waals surface area contributed by atoms with Crippen LogP contribution >= 0.6 is 0 Å². The maximum Gasteiger partial charge on any atom is 0.179 e. The second-order valence-electron chi connectivity index (χ2n) is 14.1. The number of rotatable bonds is 7. The fourth-order valence-electron chi connectivity index (χ4n) is 7.84. The number of hydrogen-bond acceptors (Lipinski definition) is 0. The highest BCUT2D eigenvalue weighted by molar-refractivity contribution is 7.20. The predicted octanol–water partition coefficient (Wildman–Crippen LogP) is 9.25. The van der Waals surface area contributed by atoms with Gasteiger partial charge in [0.2, 0.25) is 0 Å². The van der Waals surface area contributed by atoms with Crippen LogP contribution in [0, 0.1) is 0 Å². The molecule has 2 heteroatoms. The molecule has 0 saturated carbocycles. The Bertz CT molecular complexity index is 2240. The zero-order chi connectivity index (χ0) is 33.4. The Labute approximate surface area is 292 Å². The minimum absolute atomic E-state index is 1.25. The zero-order valence-corrected chi connectivity index (χ0v) is 30.4. The molecule has 0 radical (unpaired) electrons. The van der Waals surface area contributed by atoms with Crippen molar-refractivity contribution < 1.29 is 0 Å². The summed E-state index contributed by atoms with van der Waals surface area (Å²) in [5, 5.41) is 12.3. The van der Waals surface area contributed by atoms with E-state index in [9.17, 15) is 0 Å². The summed E-state index contributed by atoms with van der Waals surface area (Å²) in [6, 6.07) is 70.6. The number of benzene rings is 8. The Morgan fingerprint density at radius 2 is 0.612 bits per heavy atom. The van der Waals surface area contributed by atoms with Crippen molar-refractivity contribution in [1.29, 1.82) is 0 Å². The van der Waals surface area contributed by atoms with Crippen LogP contribution in [-0.2, 0) is 0 Å². The van der Waals surface area contributed by atoms with Gasteiger partial charge in [-0.25, -0.2) is 0 Å². The molecule has 0 saturated heterocycles. The van der Waals surface area contributed by atoms with Crippen molar-refractivity contribution >= 4 is 63.6 Å². The van der Waals surface area contributed by atoms with E-state index in [0.717, 1.165) is 0 Å². The van der Waals surface area contributed by atoms with Gasteiger partial charge in [0, 0.05) is 0 Å². The quantitative estimate of drug-likeness (QED) is 0.0909. The van der Waals surface area contributed by atoms with E-state index in [1.165, 1.54) is 69.7 Å². The van der Waals surface area contributed by atoms with Crippen molar-refractivity contribution in [3.63, 3.8) is 0 Å². The van der Waals surface area contributed by atoms with Gasteiger partial charge >= 0.3 is 0 Å². The first-order chi connectivity index (χ1) is 24.0. The van der Waals surface area contributed by atoms with Crippen molar-refractivity contribution in [2.45, 2.75) is 19.6 Å². The Morgan fingerprint density at radius 3 is 1.00 bits per heavy atom. The van der Waals surface area contributed by atoms with E-state index < -0.39 is 16.1 Å². The second kappa shape index (κ2) is 12.6. The normalized spacial score (nSPS) is 12.0. The Kier molecular flexibility index (Phi) is 7.99. The third kappa shape index (κ3) is 5.38. The van der Waals surface area contributed by atoms with E-state index in [4.69, 9.17) is 0 Å². The molecule has 236 valence electrons. The molecular formula is C47H40Si2. The van der Waals surface area contributed by atoms with Crippen LogP contribution in [-0.4, -0.2) is 16.1 Å². The van der Waals surface area contributed by atoms with Crippen LogP contribution in [0.5, 0.6) is 0 Å². The van der Waals surface area contributed by atoms with Crippen LogP contribution in [0.15, 0.2) is 188 Å². The lowest BCUT2D eigenvalue weighted by atomic mass is 9.86. The molecule has 0 unspecified atom stereocenters. The van der Waals surface area contributed by atoms with Crippen LogP contribution in [0.3, 0.4) is 0 Å². The first kappa shape index (κ1) is 31.0. The fourth-order valence-corrected chi connectivity index (χ4v) is 14.0. The second-order valence-corrected chi connectivity index (χ2v) is 23.0. The van der Waals surface area contributed by atoms with Crippen molar-refractivity contribution in [2.75, 3.05) is 0 Å². The van der Waals surface area contributed by atoms with Crippen molar-refractivity contribution in [3.05, 3.63) is 188 Å². The first-order valence-corrected chi connectivity index (χ1v) is 22.8. The van der Waals surface area contributed by atoms with Gasteiger partial charge in [0.1, 0.15) is 0 Å². The Balaban J connectivity index is 1.54. The molecule has 0 atom stereocenters. The molecule has 0 aliphatic heterocycles. The molecule has 0 aliphatic carbocycles. The molecule has 0 nitrogen and oxygen atoms in total. The molecule has 0 N–H and O–H groups in total. The third-order valence-corrected chi connectivity index (χ3v) is 16.9. The fraction of sp³-hybridized carbons (Fsp3) is 0.0638. The van der Waals surface area contributed by atoms with Gasteiger partial charge in [-0.1, -0.05) is 213 Å². The molecule has 0 aromatic heterocycles. The topological polar surface area (TPSA) is 0 Å². The molecule has 8 aromatic rings. The highest BCUT2D eigenvalue weighted by Gasteiger charge is 2.42. The lowest BCUT2D eigenvalue weighted by Crippen LogP contribution is -2.75. The van der Waals surface area contributed by atoms with Crippen LogP contribution < -0.4 is 25.9 Å². The monoisotopic (exact) mass is 660 g/mol. The van der Waals surface area contributed by atoms with Gasteiger partial charge in [-0.15, -0.1) is 0 Å². The SMILES string of the molecule is C[Si](C)(C)c1cc(-c2c3ccccc3c(-c3ccccc3)c3ccccc23)cc([Si](c2ccccc2)(c2ccccc2)c2ccccc2)c1. The highest BCUT2D eigenvalue weighted by atomic mass is 28.3. The Morgan fingerprint density at radius 1 is 0.286 bits per heavy atom. The predicted molar refractivity (Wildman–Crippen MR) is 219 cm³/mol. The molecule has 8 aromatic carbocycles. The largest absolute Gasteiger partial charge is 0.179 e. The van der Waals surface area contributed by atoms with Gasteiger partial charge in [-0.2, -0.15) is 0 Å². The van der Waals surface area contributed by atoms with E-state index in [-0.39, 0.29) is 0 Å². The number of hydrogen-bond donors (Lipinski definition) is 0. The summed E-state index contributed by atoms with van der Waals surface area (Å²) in [6.07, 6.45) is 0. The van der Waals surface area contributed by atoms with Crippen LogP contribution in [0.25, 0.3) is 43.8 Å². The van der Waals surface area contributed by atoms with Crippen LogP contribution in [0.1, 0.15) is 0 Å². The van der Waals surface area contributed by atoms with Gasteiger partial charge in [0.15, 0.2) is 8.07 Å². The molecule has 49 heavy (non-hydrogen) atoms. The molecule has 0 fully saturated rings. The minimum Gasteiger partial charge on any atom is -0.0656 e. The van der Waals surface area contributed by atoms with E-state index >= 15 is 0 Å². The van der Waals surface area contributed by atoms with Gasteiger partial charge in [0.05, 0.1) is 8.07 Å². The molecule has 8 rings (SSSR count). The van der Waals surface area contributed by atoms with E-state index in [1.54, 1.807) is 0 Å². The minimum atomic E-state index is -2.75. The van der Waals surface area contributed by atoms with E-state index in [1.807, 2.05) is 0 Å². The highest BCUT2D eigenvalue weighted by Crippen LogP contribution is 2.43. The van der Waals surface area contributed by atoms with Crippen LogP contribution in [0.4, 0.5) is 0 Å². The van der Waals surface area contributed by atoms with Crippen LogP contribution in [0.2, 0.25) is 19.6 Å². The summed E-state index contributed by atoms with van der Waals surface area (Å²) in [5.41, 5.74) is 5.19. The molecule has 0 amide bonds. The van der Waals surface area contributed by atoms with Crippen molar-refractivity contribution in [1.82, 2.24) is 0 Å². The van der Waals surface area contributed by atoms with Crippen molar-refractivity contribution in [3.8, 4) is 22.3 Å². The van der Waals surface area contributed by atoms with E-state index in [0.29, 0.717) is 0 Å². The van der Waals surface area contributed by atoms with Gasteiger partial charge in [-0.05, 0) is 64.5 Å². The summed E-state index contributed by atoms with van der Waals surface area (Å²) in [4.78, 5) is 0. The summed E-state index contributed by atoms with van der Waals surface area (Å²) >= 11 is 0. The van der Waals surface area contributed by atoms with Gasteiger partial charge < -0.3 is 0 Å². The van der Waals surface area contributed by atoms with Gasteiger partial charge in [-0.3, -0.25) is 0 Å². The average Bonchev–Trinajstić information content (AvgIpc) is 3.15. The lowest BCUT2D eigenvalue weighted by molar-refractivity contribution is 1.64. The van der Waals surface area contributed by atoms with Gasteiger partial charge in [0.25, 0.3) is 0 Å². The standard InChI is InChI=1S/C47H40Si2/c1-48(2,3)40-32-36(47-44-30-18-16-28-42(44)46(35-20-8-4-9-21-35)43-29-17-19-31-45(43)47)33-41(34-40)49(37-22-10-5-11-23-37,38-24-12-6-13-25-38)39-26-14-7-15-27-39/h4-34H,1-3H3. The first-order valence-electron chi connectivity index (χ1n) is 17.3. The summed E-state index contributed by atoms with van der Waals surface area (Å²) in [6.45, 7) is 7.46. The molecule has 0 bridgehead atoms. The summed E-state index contributed by atoms with van der Waals surface area (Å²) < 4.78 is 0. The molecule has 0 heterocycles. The van der Waals surface area contributed by atoms with Crippen molar-refractivity contribution in [2.24, 2.45) is 0 Å². The smallest absolute Gasteiger partial charge is 0.0656 e. The maximum atomic E-state index is 2.59. The molecule has 0 spiro atoms. The molecule has 0 aliphatic rings. The third-order valence-electron chi connectivity index (χ3n) is 10.1. The maximum absolute atomic E-state index is 2.75. The van der Waals surface area contributed by atoms with E-state index in [2.05, 4.69) is 208 Å². The zero-order valence-electron chi connectivity index (χ0n) is 28.4.